The predicted molar refractivity (Wildman–Crippen MR) is 59.6 cm³/mol. The number of ether oxygens (including phenoxy) is 1. The summed E-state index contributed by atoms with van der Waals surface area (Å²) in [5.41, 5.74) is 0.934. The van der Waals surface area contributed by atoms with E-state index in [0.29, 0.717) is 12.3 Å². The lowest BCUT2D eigenvalue weighted by Gasteiger charge is -2.08. The van der Waals surface area contributed by atoms with E-state index in [1.807, 2.05) is 19.9 Å². The highest BCUT2D eigenvalue weighted by molar-refractivity contribution is 5.77. The maximum atomic E-state index is 11.3. The first kappa shape index (κ1) is 11.5. The number of aromatic nitrogens is 1. The quantitative estimate of drug-likeness (QED) is 0.821. The Balaban J connectivity index is 0.00000225. The second kappa shape index (κ2) is 5.34. The van der Waals surface area contributed by atoms with Crippen LogP contribution in [0.2, 0.25) is 0 Å². The zero-order chi connectivity index (χ0) is 11.3. The Kier molecular flexibility index (Phi) is 4.09. The first-order valence-corrected chi connectivity index (χ1v) is 4.89. The van der Waals surface area contributed by atoms with Crippen molar-refractivity contribution in [1.29, 1.82) is 0 Å². The van der Waals surface area contributed by atoms with Crippen molar-refractivity contribution in [3.05, 3.63) is 24.0 Å². The molecule has 0 atom stereocenters. The fraction of sp³-hybridized carbons (Fsp3) is 0.455. The van der Waals surface area contributed by atoms with Crippen LogP contribution in [-0.4, -0.2) is 18.0 Å². The third-order valence-corrected chi connectivity index (χ3v) is 2.00. The van der Waals surface area contributed by atoms with Crippen molar-refractivity contribution in [1.82, 2.24) is 10.3 Å². The lowest BCUT2D eigenvalue weighted by atomic mass is 10.2. The van der Waals surface area contributed by atoms with Gasteiger partial charge in [0.15, 0.2) is 0 Å². The van der Waals surface area contributed by atoms with Gasteiger partial charge in [0, 0.05) is 20.1 Å². The van der Waals surface area contributed by atoms with E-state index in [0.717, 1.165) is 5.56 Å². The molecule has 0 spiro atoms. The van der Waals surface area contributed by atoms with Crippen molar-refractivity contribution in [2.45, 2.75) is 20.4 Å². The zero-order valence-electron chi connectivity index (χ0n) is 9.28. The molecule has 15 heavy (non-hydrogen) atoms. The third kappa shape index (κ3) is 3.58. The van der Waals surface area contributed by atoms with Gasteiger partial charge >= 0.3 is 0 Å². The summed E-state index contributed by atoms with van der Waals surface area (Å²) in [5, 5.41) is 2.82. The van der Waals surface area contributed by atoms with Crippen molar-refractivity contribution < 1.29 is 11.0 Å². The highest BCUT2D eigenvalue weighted by atomic mass is 16.5. The Bertz CT molecular complexity index is 343. The molecule has 1 rings (SSSR count). The SMILES string of the molecule is COc1cncc(CNC(=O)C(C)C)c1.[HH]. The van der Waals surface area contributed by atoms with Gasteiger partial charge in [-0.25, -0.2) is 0 Å². The van der Waals surface area contributed by atoms with E-state index in [4.69, 9.17) is 4.74 Å². The molecule has 0 radical (unpaired) electrons. The smallest absolute Gasteiger partial charge is 0.222 e. The van der Waals surface area contributed by atoms with Crippen LogP contribution in [0.1, 0.15) is 20.8 Å². The number of carbonyl (C=O) groups is 1. The van der Waals surface area contributed by atoms with Gasteiger partial charge in [-0.3, -0.25) is 9.78 Å². The Morgan fingerprint density at radius 3 is 2.93 bits per heavy atom. The van der Waals surface area contributed by atoms with Gasteiger partial charge in [-0.2, -0.15) is 0 Å². The van der Waals surface area contributed by atoms with Gasteiger partial charge in [0.05, 0.1) is 13.3 Å². The molecule has 84 valence electrons. The maximum Gasteiger partial charge on any atom is 0.222 e. The lowest BCUT2D eigenvalue weighted by Crippen LogP contribution is -2.27. The second-order valence-corrected chi connectivity index (χ2v) is 3.61. The molecule has 1 N–H and O–H groups in total. The normalized spacial score (nSPS) is 10.1. The van der Waals surface area contributed by atoms with Crippen molar-refractivity contribution in [2.24, 2.45) is 5.92 Å². The van der Waals surface area contributed by atoms with Gasteiger partial charge in [0.25, 0.3) is 0 Å². The van der Waals surface area contributed by atoms with Gasteiger partial charge in [-0.15, -0.1) is 0 Å². The number of rotatable bonds is 4. The monoisotopic (exact) mass is 210 g/mol. The van der Waals surface area contributed by atoms with Crippen LogP contribution in [0.5, 0.6) is 5.75 Å². The van der Waals surface area contributed by atoms with Crippen LogP contribution in [0.4, 0.5) is 0 Å². The number of nitrogens with one attached hydrogen (secondary N) is 1. The van der Waals surface area contributed by atoms with Crippen molar-refractivity contribution >= 4 is 5.91 Å². The number of nitrogens with zero attached hydrogens (tertiary/aromatic N) is 1. The molecule has 4 heteroatoms. The topological polar surface area (TPSA) is 51.2 Å². The summed E-state index contributed by atoms with van der Waals surface area (Å²) < 4.78 is 5.03. The van der Waals surface area contributed by atoms with E-state index in [1.165, 1.54) is 0 Å². The number of amides is 1. The summed E-state index contributed by atoms with van der Waals surface area (Å²) in [6.45, 7) is 4.21. The Morgan fingerprint density at radius 2 is 2.33 bits per heavy atom. The first-order chi connectivity index (χ1) is 7.13. The average molecular weight is 210 g/mol. The molecule has 0 aliphatic rings. The van der Waals surface area contributed by atoms with Crippen LogP contribution in [0.15, 0.2) is 18.5 Å². The minimum absolute atomic E-state index is 0. The predicted octanol–water partition coefficient (Wildman–Crippen LogP) is 1.61. The van der Waals surface area contributed by atoms with Crippen molar-refractivity contribution in [3.8, 4) is 5.75 Å². The Hall–Kier alpha value is -1.58. The fourth-order valence-electron chi connectivity index (χ4n) is 1.07. The molecule has 1 aromatic heterocycles. The van der Waals surface area contributed by atoms with Crippen LogP contribution in [0.25, 0.3) is 0 Å². The average Bonchev–Trinajstić information content (AvgIpc) is 2.26. The summed E-state index contributed by atoms with van der Waals surface area (Å²) in [6, 6.07) is 1.85. The number of hydrogen-bond donors (Lipinski definition) is 1. The van der Waals surface area contributed by atoms with Gasteiger partial charge in [-0.05, 0) is 11.6 Å². The third-order valence-electron chi connectivity index (χ3n) is 2.00. The summed E-state index contributed by atoms with van der Waals surface area (Å²) >= 11 is 0. The molecule has 1 aromatic rings. The number of hydrogen-bond acceptors (Lipinski definition) is 3. The molecule has 0 aliphatic carbocycles. The molecule has 0 aliphatic heterocycles. The molecule has 0 bridgehead atoms. The summed E-state index contributed by atoms with van der Waals surface area (Å²) in [4.78, 5) is 15.3. The number of carbonyl (C=O) groups excluding carboxylic acids is 1. The molecule has 0 saturated carbocycles. The Labute approximate surface area is 91.2 Å². The summed E-state index contributed by atoms with van der Waals surface area (Å²) in [5.74, 6) is 0.743. The van der Waals surface area contributed by atoms with E-state index in [9.17, 15) is 4.79 Å². The summed E-state index contributed by atoms with van der Waals surface area (Å²) in [7, 11) is 1.59. The van der Waals surface area contributed by atoms with Crippen LogP contribution in [0.3, 0.4) is 0 Å². The molecular formula is C11H18N2O2. The second-order valence-electron chi connectivity index (χ2n) is 3.61. The van der Waals surface area contributed by atoms with Crippen LogP contribution in [0, 0.1) is 5.92 Å². The van der Waals surface area contributed by atoms with Gasteiger partial charge in [0.2, 0.25) is 5.91 Å². The molecule has 4 nitrogen and oxygen atoms in total. The highest BCUT2D eigenvalue weighted by Gasteiger charge is 2.06. The van der Waals surface area contributed by atoms with E-state index in [2.05, 4.69) is 10.3 Å². The lowest BCUT2D eigenvalue weighted by molar-refractivity contribution is -0.124. The van der Waals surface area contributed by atoms with Crippen molar-refractivity contribution in [2.75, 3.05) is 7.11 Å². The van der Waals surface area contributed by atoms with E-state index < -0.39 is 0 Å². The van der Waals surface area contributed by atoms with Crippen LogP contribution < -0.4 is 10.1 Å². The largest absolute Gasteiger partial charge is 0.495 e. The van der Waals surface area contributed by atoms with Crippen LogP contribution >= 0.6 is 0 Å². The number of pyridine rings is 1. The van der Waals surface area contributed by atoms with Gasteiger partial charge in [0.1, 0.15) is 5.75 Å². The van der Waals surface area contributed by atoms with E-state index in [1.54, 1.807) is 19.5 Å². The molecule has 0 unspecified atom stereocenters. The van der Waals surface area contributed by atoms with E-state index >= 15 is 0 Å². The van der Waals surface area contributed by atoms with Crippen molar-refractivity contribution in [3.63, 3.8) is 0 Å². The van der Waals surface area contributed by atoms with Gasteiger partial charge in [-0.1, -0.05) is 13.8 Å². The minimum atomic E-state index is 0. The standard InChI is InChI=1S/C11H16N2O2.H2/c1-8(2)11(14)13-6-9-4-10(15-3)7-12-5-9;/h4-5,7-8H,6H2,1-3H3,(H,13,14);1H. The van der Waals surface area contributed by atoms with Gasteiger partial charge < -0.3 is 10.1 Å². The maximum absolute atomic E-state index is 11.3. The number of methoxy groups -OCH3 is 1. The minimum Gasteiger partial charge on any atom is -0.495 e. The van der Waals surface area contributed by atoms with Crippen LogP contribution in [-0.2, 0) is 11.3 Å². The fourth-order valence-corrected chi connectivity index (χ4v) is 1.07. The molecule has 0 saturated heterocycles. The van der Waals surface area contributed by atoms with E-state index in [-0.39, 0.29) is 13.3 Å². The molecule has 0 fully saturated rings. The highest BCUT2D eigenvalue weighted by Crippen LogP contribution is 2.09. The molecule has 1 heterocycles. The molecule has 1 amide bonds. The first-order valence-electron chi connectivity index (χ1n) is 4.89. The molecular weight excluding hydrogens is 192 g/mol. The zero-order valence-corrected chi connectivity index (χ0v) is 9.28. The summed E-state index contributed by atoms with van der Waals surface area (Å²) in [6.07, 6.45) is 3.34. The Morgan fingerprint density at radius 1 is 1.60 bits per heavy atom. The molecule has 0 aromatic carbocycles.